The van der Waals surface area contributed by atoms with E-state index in [1.807, 2.05) is 36.4 Å². The number of nitrogen functional groups attached to an aromatic ring is 2. The van der Waals surface area contributed by atoms with E-state index in [0.717, 1.165) is 21.5 Å². The average molecular weight is 1510 g/mol. The zero-order chi connectivity index (χ0) is 78.0. The first-order valence-corrected chi connectivity index (χ1v) is 31.6. The molecule has 14 aromatic rings. The summed E-state index contributed by atoms with van der Waals surface area (Å²) >= 11 is 10.4. The van der Waals surface area contributed by atoms with Crippen LogP contribution in [0, 0.1) is 0 Å². The van der Waals surface area contributed by atoms with Crippen molar-refractivity contribution in [2.75, 3.05) is 16.8 Å². The SMILES string of the molecule is Nc1ccc2c(C(F)(F)F)cc(=O)oc2c1.Nc1ccc2oc(=O)c3ccccc3c2c1.O=C(Cc1ccc2c(C(F)(F)F)cc(=O)oc2c1)c1ccc(O[B]O)cc1.O=C(Nc1ccc2oc(=O)c3ccccc3c2c1)c1ccc(O[B]O)cc1.[B]Oc1ccc(C(=O)Cl)cc1.[B]Oc1ccc(C(=O)Cl)cc1. The van der Waals surface area contributed by atoms with Crippen LogP contribution >= 0.6 is 23.2 Å². The van der Waals surface area contributed by atoms with E-state index in [9.17, 15) is 64.7 Å². The highest BCUT2D eigenvalue weighted by Crippen LogP contribution is 2.36. The number of alkyl halides is 6. The standard InChI is InChI=1S/C20H13BNO5.C18H11BF3O5.C13H9NO2.C10H6F3NO2.2C7H4BClO2/c23-19(12-5-8-14(9-6-12)27-21-25)22-13-7-10-18-17(11-13)15-3-1-2-4-16(15)20(24)26-18;20-18(21,22)14-9-17(24)26-16-8-10(1-6-13(14)16)7-15(23)11-2-4-12(5-3-11)27-19-25;14-8-5-6-12-11(7-8)9-3-1-2-4-10(9)13(15)16-12;11-10(12,13)7-4-9(15)16-8-3-5(14)1-2-6(7)8;2*8-11-6-3-1-5(2-4-6)7(9)10/h1-11,25H,(H,22,23);1-6,8-9,25H,7H2;1-7H,14H2;1-4H,14H2;2*1-4H. The Hall–Kier alpha value is -12.8. The molecule has 0 fully saturated rings. The molecule has 1 amide bonds. The van der Waals surface area contributed by atoms with E-state index in [2.05, 4.69) is 19.0 Å². The van der Waals surface area contributed by atoms with E-state index in [1.165, 1.54) is 84.9 Å². The van der Waals surface area contributed by atoms with Crippen LogP contribution in [-0.2, 0) is 18.8 Å². The van der Waals surface area contributed by atoms with Crippen molar-refractivity contribution in [1.29, 1.82) is 0 Å². The maximum atomic E-state index is 13.1. The molecule has 0 aliphatic rings. The van der Waals surface area contributed by atoms with E-state index < -0.39 is 50.8 Å². The van der Waals surface area contributed by atoms with Crippen LogP contribution in [0.4, 0.5) is 43.4 Å². The number of carbonyl (C=O) groups is 4. The van der Waals surface area contributed by atoms with Gasteiger partial charge >= 0.3 is 66.3 Å². The van der Waals surface area contributed by atoms with Gasteiger partial charge in [-0.3, -0.25) is 19.2 Å². The number of nitrogens with two attached hydrogens (primary N) is 2. The highest BCUT2D eigenvalue weighted by molar-refractivity contribution is 6.68. The Morgan fingerprint density at radius 3 is 1.25 bits per heavy atom. The van der Waals surface area contributed by atoms with Gasteiger partial charge in [-0.05, 0) is 203 Å². The number of nitrogens with one attached hydrogen (secondary N) is 1. The lowest BCUT2D eigenvalue weighted by Crippen LogP contribution is -2.12. The molecule has 538 valence electrons. The summed E-state index contributed by atoms with van der Waals surface area (Å²) in [4.78, 5) is 92.0. The monoisotopic (exact) mass is 1510 g/mol. The van der Waals surface area contributed by atoms with Crippen molar-refractivity contribution in [3.8, 4) is 23.0 Å². The van der Waals surface area contributed by atoms with Crippen molar-refractivity contribution in [3.63, 3.8) is 0 Å². The number of amides is 1. The highest BCUT2D eigenvalue weighted by atomic mass is 35.5. The predicted molar refractivity (Wildman–Crippen MR) is 396 cm³/mol. The molecule has 21 nitrogen and oxygen atoms in total. The Morgan fingerprint density at radius 1 is 0.417 bits per heavy atom. The first-order chi connectivity index (χ1) is 51.5. The van der Waals surface area contributed by atoms with Gasteiger partial charge in [0.05, 0.1) is 33.4 Å². The average Bonchev–Trinajstić information content (AvgIpc) is 0.790. The molecule has 0 saturated carbocycles. The fourth-order valence-corrected chi connectivity index (χ4v) is 10.4. The molecule has 4 aromatic heterocycles. The Balaban J connectivity index is 0.000000155. The zero-order valence-electron chi connectivity index (χ0n) is 55.1. The van der Waals surface area contributed by atoms with Crippen LogP contribution in [-0.4, -0.2) is 63.7 Å². The Bertz CT molecular complexity index is 5820. The maximum Gasteiger partial charge on any atom is 0.569 e. The smallest absolute Gasteiger partial charge is 0.568 e. The largest absolute Gasteiger partial charge is 0.569 e. The molecule has 0 unspecified atom stereocenters. The maximum absolute atomic E-state index is 13.1. The lowest BCUT2D eigenvalue weighted by molar-refractivity contribution is -0.137. The van der Waals surface area contributed by atoms with Crippen LogP contribution in [0.15, 0.2) is 267 Å². The molecule has 108 heavy (non-hydrogen) atoms. The minimum absolute atomic E-state index is 0.0950. The van der Waals surface area contributed by atoms with E-state index in [0.29, 0.717) is 112 Å². The third-order valence-electron chi connectivity index (χ3n) is 15.2. The third-order valence-corrected chi connectivity index (χ3v) is 15.6. The van der Waals surface area contributed by atoms with Gasteiger partial charge in [0, 0.05) is 85.5 Å². The summed E-state index contributed by atoms with van der Waals surface area (Å²) < 4.78 is 115. The number of Topliss-reactive ketones (excluding diaryl/α,β-unsaturated/α-hetero) is 1. The molecule has 7 N–H and O–H groups in total. The first-order valence-electron chi connectivity index (χ1n) is 30.9. The summed E-state index contributed by atoms with van der Waals surface area (Å²) in [5.74, 6) is 1.15. The number of halogens is 8. The lowest BCUT2D eigenvalue weighted by Gasteiger charge is -2.10. The van der Waals surface area contributed by atoms with Crippen LogP contribution < -0.4 is 57.9 Å². The van der Waals surface area contributed by atoms with Crippen molar-refractivity contribution in [2.24, 2.45) is 0 Å². The quantitative estimate of drug-likeness (QED) is 0.0136. The van der Waals surface area contributed by atoms with Gasteiger partial charge in [-0.15, -0.1) is 0 Å². The van der Waals surface area contributed by atoms with Crippen LogP contribution in [0.5, 0.6) is 23.0 Å². The minimum Gasteiger partial charge on any atom is -0.568 e. The van der Waals surface area contributed by atoms with Gasteiger partial charge in [0.15, 0.2) is 5.78 Å². The van der Waals surface area contributed by atoms with Gasteiger partial charge in [0.1, 0.15) is 33.8 Å². The number of benzene rings is 10. The van der Waals surface area contributed by atoms with E-state index >= 15 is 0 Å². The Labute approximate surface area is 617 Å². The number of rotatable bonds is 13. The topological polar surface area (TPSA) is 331 Å². The molecular weight excluding hydrogens is 1460 g/mol. The van der Waals surface area contributed by atoms with E-state index in [1.54, 1.807) is 97.1 Å². The molecule has 4 heterocycles. The van der Waals surface area contributed by atoms with Crippen LogP contribution in [0.1, 0.15) is 58.1 Å². The van der Waals surface area contributed by atoms with Crippen molar-refractivity contribution in [2.45, 2.75) is 18.8 Å². The summed E-state index contributed by atoms with van der Waals surface area (Å²) in [6.45, 7) is 0. The van der Waals surface area contributed by atoms with Crippen molar-refractivity contribution < 1.29 is 91.9 Å². The van der Waals surface area contributed by atoms with Crippen molar-refractivity contribution in [3.05, 3.63) is 311 Å². The molecule has 14 rings (SSSR count). The second kappa shape index (κ2) is 35.8. The number of hydrogen-bond donors (Lipinski definition) is 5. The van der Waals surface area contributed by atoms with E-state index in [4.69, 9.17) is 83.4 Å². The minimum atomic E-state index is -4.69. The van der Waals surface area contributed by atoms with Crippen LogP contribution in [0.2, 0.25) is 0 Å². The molecule has 0 aliphatic carbocycles. The molecule has 6 radical (unpaired) electrons. The first kappa shape index (κ1) is 79.3. The van der Waals surface area contributed by atoms with Crippen LogP contribution in [0.25, 0.3) is 65.4 Å². The second-order valence-electron chi connectivity index (χ2n) is 22.3. The molecule has 0 bridgehead atoms. The van der Waals surface area contributed by atoms with Crippen molar-refractivity contribution in [1.82, 2.24) is 0 Å². The van der Waals surface area contributed by atoms with Gasteiger partial charge in [0.2, 0.25) is 0 Å². The molecule has 0 atom stereocenters. The molecule has 0 saturated heterocycles. The summed E-state index contributed by atoms with van der Waals surface area (Å²) in [5, 5.41) is 22.9. The number of anilines is 3. The fourth-order valence-electron chi connectivity index (χ4n) is 10.2. The van der Waals surface area contributed by atoms with Gasteiger partial charge in [-0.2, -0.15) is 26.3 Å². The van der Waals surface area contributed by atoms with Gasteiger partial charge in [0.25, 0.3) is 16.4 Å². The molecule has 33 heteroatoms. The van der Waals surface area contributed by atoms with Gasteiger partial charge < -0.3 is 63.1 Å². The summed E-state index contributed by atoms with van der Waals surface area (Å²) in [6, 6.07) is 57.9. The van der Waals surface area contributed by atoms with Crippen LogP contribution in [0.3, 0.4) is 0 Å². The normalized spacial score (nSPS) is 10.8. The molecule has 0 spiro atoms. The van der Waals surface area contributed by atoms with Crippen molar-refractivity contribution >= 4 is 159 Å². The highest BCUT2D eigenvalue weighted by Gasteiger charge is 2.35. The van der Waals surface area contributed by atoms with Gasteiger partial charge in [-0.1, -0.05) is 48.5 Å². The third kappa shape index (κ3) is 20.8. The van der Waals surface area contributed by atoms with E-state index in [-0.39, 0.29) is 51.4 Å². The Kier molecular flexibility index (Phi) is 26.3. The lowest BCUT2D eigenvalue weighted by atomic mass is 10.0. The number of fused-ring (bicyclic) bond motifs is 8. The predicted octanol–water partition coefficient (Wildman–Crippen LogP) is 14.2. The summed E-state index contributed by atoms with van der Waals surface area (Å²) in [6.07, 6.45) is -9.38. The van der Waals surface area contributed by atoms with Gasteiger partial charge in [-0.25, -0.2) is 19.2 Å². The second-order valence-corrected chi connectivity index (χ2v) is 22.9. The molecule has 0 aliphatic heterocycles. The number of ketones is 1. The fraction of sp³-hybridized carbons (Fsp3) is 0.0400. The zero-order valence-corrected chi connectivity index (χ0v) is 56.6. The number of carbonyl (C=O) groups excluding carboxylic acids is 4. The summed E-state index contributed by atoms with van der Waals surface area (Å²) in [5.41, 5.74) is 10.3. The molecule has 10 aromatic carbocycles. The molecular formula is C75H47B4Cl2F6N3O18. The Morgan fingerprint density at radius 2 is 0.806 bits per heavy atom. The summed E-state index contributed by atoms with van der Waals surface area (Å²) in [7, 11) is 10.8. The number of hydrogen-bond acceptors (Lipinski definition) is 20.